The molecule has 148 valence electrons. The molecule has 28 heavy (non-hydrogen) atoms. The van der Waals surface area contributed by atoms with Gasteiger partial charge in [0.05, 0.1) is 9.79 Å². The summed E-state index contributed by atoms with van der Waals surface area (Å²) in [5.41, 5.74) is 1.66. The summed E-state index contributed by atoms with van der Waals surface area (Å²) in [6, 6.07) is 16.0. The number of aryl methyl sites for hydroxylation is 1. The van der Waals surface area contributed by atoms with Gasteiger partial charge in [0, 0.05) is 12.3 Å². The first-order valence-corrected chi connectivity index (χ1v) is 12.2. The van der Waals surface area contributed by atoms with Gasteiger partial charge in [0.1, 0.15) is 0 Å². The molecule has 1 atom stereocenters. The summed E-state index contributed by atoms with van der Waals surface area (Å²) in [7, 11) is -7.47. The van der Waals surface area contributed by atoms with Crippen LogP contribution >= 0.6 is 0 Å². The van der Waals surface area contributed by atoms with Crippen LogP contribution in [0.5, 0.6) is 0 Å². The Labute approximate surface area is 166 Å². The van der Waals surface area contributed by atoms with Gasteiger partial charge in [-0.15, -0.1) is 0 Å². The van der Waals surface area contributed by atoms with Crippen LogP contribution < -0.4 is 4.72 Å². The van der Waals surface area contributed by atoms with Gasteiger partial charge >= 0.3 is 0 Å². The average molecular weight is 418 g/mol. The molecule has 3 aromatic carbocycles. The van der Waals surface area contributed by atoms with E-state index in [2.05, 4.69) is 4.72 Å². The Morgan fingerprint density at radius 1 is 0.857 bits per heavy atom. The molecular weight excluding hydrogens is 394 g/mol. The minimum Gasteiger partial charge on any atom is -0.224 e. The molecular formula is C21H23NO4S2. The summed E-state index contributed by atoms with van der Waals surface area (Å²) in [6.45, 7) is 4.98. The lowest BCUT2D eigenvalue weighted by molar-refractivity contribution is 0.566. The number of hydrogen-bond acceptors (Lipinski definition) is 4. The quantitative estimate of drug-likeness (QED) is 0.683. The molecule has 0 amide bonds. The molecule has 0 fully saturated rings. The highest BCUT2D eigenvalue weighted by molar-refractivity contribution is 7.91. The Balaban J connectivity index is 2.06. The number of nitrogens with one attached hydrogen (secondary N) is 1. The monoisotopic (exact) mass is 417 g/mol. The molecule has 1 N–H and O–H groups in total. The van der Waals surface area contributed by atoms with Crippen molar-refractivity contribution in [2.24, 2.45) is 0 Å². The highest BCUT2D eigenvalue weighted by atomic mass is 32.2. The van der Waals surface area contributed by atoms with Crippen molar-refractivity contribution in [1.29, 1.82) is 0 Å². The molecule has 0 aliphatic heterocycles. The SMILES string of the molecule is Cc1cc(S(C)(=O)=O)c(C)c(S(=O)(=O)NC(C)c2cccc3ccccc23)c1. The van der Waals surface area contributed by atoms with Crippen molar-refractivity contribution >= 4 is 30.6 Å². The van der Waals surface area contributed by atoms with Crippen LogP contribution in [0.1, 0.15) is 29.7 Å². The third kappa shape index (κ3) is 3.97. The average Bonchev–Trinajstić information content (AvgIpc) is 2.61. The van der Waals surface area contributed by atoms with Crippen molar-refractivity contribution in [3.8, 4) is 0 Å². The Morgan fingerprint density at radius 2 is 1.46 bits per heavy atom. The largest absolute Gasteiger partial charge is 0.241 e. The van der Waals surface area contributed by atoms with E-state index in [1.165, 1.54) is 19.1 Å². The van der Waals surface area contributed by atoms with Crippen LogP contribution in [0.4, 0.5) is 0 Å². The second kappa shape index (κ2) is 7.31. The van der Waals surface area contributed by atoms with Gasteiger partial charge in [0.2, 0.25) is 10.0 Å². The summed E-state index contributed by atoms with van der Waals surface area (Å²) in [5, 5.41) is 2.00. The molecule has 0 aliphatic rings. The smallest absolute Gasteiger partial charge is 0.224 e. The summed E-state index contributed by atoms with van der Waals surface area (Å²) < 4.78 is 53.0. The van der Waals surface area contributed by atoms with Crippen LogP contribution in [-0.4, -0.2) is 23.1 Å². The summed E-state index contributed by atoms with van der Waals surface area (Å²) in [6.07, 6.45) is 1.08. The molecule has 0 aliphatic carbocycles. The lowest BCUT2D eigenvalue weighted by Gasteiger charge is -2.19. The molecule has 0 aromatic heterocycles. The van der Waals surface area contributed by atoms with Gasteiger partial charge in [-0.3, -0.25) is 0 Å². The highest BCUT2D eigenvalue weighted by Crippen LogP contribution is 2.28. The van der Waals surface area contributed by atoms with E-state index in [1.807, 2.05) is 42.5 Å². The molecule has 1 unspecified atom stereocenters. The van der Waals surface area contributed by atoms with Crippen molar-refractivity contribution in [3.05, 3.63) is 71.3 Å². The van der Waals surface area contributed by atoms with E-state index in [0.717, 1.165) is 22.6 Å². The van der Waals surface area contributed by atoms with Crippen LogP contribution in [0, 0.1) is 13.8 Å². The minimum atomic E-state index is -3.93. The topological polar surface area (TPSA) is 80.3 Å². The van der Waals surface area contributed by atoms with Crippen molar-refractivity contribution in [3.63, 3.8) is 0 Å². The van der Waals surface area contributed by atoms with E-state index in [9.17, 15) is 16.8 Å². The van der Waals surface area contributed by atoms with Crippen LogP contribution in [0.25, 0.3) is 10.8 Å². The zero-order valence-electron chi connectivity index (χ0n) is 16.2. The Morgan fingerprint density at radius 3 is 2.14 bits per heavy atom. The van der Waals surface area contributed by atoms with E-state index in [-0.39, 0.29) is 15.4 Å². The highest BCUT2D eigenvalue weighted by Gasteiger charge is 2.25. The molecule has 7 heteroatoms. The lowest BCUT2D eigenvalue weighted by Crippen LogP contribution is -2.28. The lowest BCUT2D eigenvalue weighted by atomic mass is 10.0. The number of sulfone groups is 1. The second-order valence-electron chi connectivity index (χ2n) is 7.07. The van der Waals surface area contributed by atoms with Gasteiger partial charge in [-0.05, 0) is 60.4 Å². The predicted octanol–water partition coefficient (Wildman–Crippen LogP) is 3.90. The van der Waals surface area contributed by atoms with Gasteiger partial charge in [-0.25, -0.2) is 21.6 Å². The summed E-state index contributed by atoms with van der Waals surface area (Å²) >= 11 is 0. The number of benzene rings is 3. The Kier molecular flexibility index (Phi) is 5.36. The summed E-state index contributed by atoms with van der Waals surface area (Å²) in [4.78, 5) is 0.0192. The fourth-order valence-corrected chi connectivity index (χ4v) is 6.15. The maximum atomic E-state index is 13.1. The zero-order valence-corrected chi connectivity index (χ0v) is 17.9. The van der Waals surface area contributed by atoms with Gasteiger partial charge in [0.15, 0.2) is 9.84 Å². The van der Waals surface area contributed by atoms with Crippen LogP contribution in [0.2, 0.25) is 0 Å². The normalized spacial score (nSPS) is 13.6. The van der Waals surface area contributed by atoms with Gasteiger partial charge in [-0.2, -0.15) is 0 Å². The molecule has 0 bridgehead atoms. The van der Waals surface area contributed by atoms with Gasteiger partial charge < -0.3 is 0 Å². The van der Waals surface area contributed by atoms with Crippen LogP contribution in [-0.2, 0) is 19.9 Å². The number of rotatable bonds is 5. The first-order chi connectivity index (χ1) is 13.0. The van der Waals surface area contributed by atoms with Gasteiger partial charge in [-0.1, -0.05) is 42.5 Å². The Hall–Kier alpha value is -2.22. The Bertz CT molecular complexity index is 1260. The van der Waals surface area contributed by atoms with Crippen molar-refractivity contribution < 1.29 is 16.8 Å². The third-order valence-electron chi connectivity index (χ3n) is 4.77. The van der Waals surface area contributed by atoms with E-state index in [1.54, 1.807) is 13.8 Å². The van der Waals surface area contributed by atoms with Crippen molar-refractivity contribution in [1.82, 2.24) is 4.72 Å². The molecule has 0 radical (unpaired) electrons. The molecule has 0 spiro atoms. The fraction of sp³-hybridized carbons (Fsp3) is 0.238. The molecule has 5 nitrogen and oxygen atoms in total. The minimum absolute atomic E-state index is 0.0139. The number of fused-ring (bicyclic) bond motifs is 1. The van der Waals surface area contributed by atoms with E-state index in [0.29, 0.717) is 5.56 Å². The molecule has 3 aromatic rings. The van der Waals surface area contributed by atoms with Crippen LogP contribution in [0.15, 0.2) is 64.4 Å². The zero-order chi connectivity index (χ0) is 20.7. The van der Waals surface area contributed by atoms with E-state index >= 15 is 0 Å². The number of hydrogen-bond donors (Lipinski definition) is 1. The van der Waals surface area contributed by atoms with Crippen LogP contribution in [0.3, 0.4) is 0 Å². The van der Waals surface area contributed by atoms with Crippen molar-refractivity contribution in [2.75, 3.05) is 6.26 Å². The first-order valence-electron chi connectivity index (χ1n) is 8.82. The summed E-state index contributed by atoms with van der Waals surface area (Å²) in [5.74, 6) is 0. The fourth-order valence-electron chi connectivity index (χ4n) is 3.45. The van der Waals surface area contributed by atoms with E-state index in [4.69, 9.17) is 0 Å². The molecule has 0 heterocycles. The van der Waals surface area contributed by atoms with Gasteiger partial charge in [0.25, 0.3) is 0 Å². The van der Waals surface area contributed by atoms with Crippen molar-refractivity contribution in [2.45, 2.75) is 36.6 Å². The standard InChI is InChI=1S/C21H23NO4S2/c1-14-12-20(27(4,23)24)15(2)21(13-14)28(25,26)22-16(3)18-11-7-9-17-8-5-6-10-19(17)18/h5-13,16,22H,1-4H3. The molecule has 3 rings (SSSR count). The predicted molar refractivity (Wildman–Crippen MR) is 112 cm³/mol. The number of sulfonamides is 1. The second-order valence-corrected chi connectivity index (χ2v) is 10.7. The third-order valence-corrected chi connectivity index (χ3v) is 7.66. The van der Waals surface area contributed by atoms with E-state index < -0.39 is 25.9 Å². The maximum Gasteiger partial charge on any atom is 0.241 e. The first kappa shape index (κ1) is 20.5. The molecule has 0 saturated heterocycles. The molecule has 0 saturated carbocycles. The maximum absolute atomic E-state index is 13.1.